The van der Waals surface area contributed by atoms with Crippen molar-refractivity contribution in [1.82, 2.24) is 9.59 Å². The number of anilines is 1. The second-order valence-electron chi connectivity index (χ2n) is 3.31. The van der Waals surface area contributed by atoms with Crippen LogP contribution in [0.2, 0.25) is 0 Å². The number of aromatic nitrogens is 2. The Bertz CT molecular complexity index is 216. The van der Waals surface area contributed by atoms with Gasteiger partial charge in [-0.2, -0.15) is 0 Å². The Balaban J connectivity index is 1.74. The highest BCUT2D eigenvalue weighted by Gasteiger charge is 2.14. The van der Waals surface area contributed by atoms with Gasteiger partial charge >= 0.3 is 0 Å². The van der Waals surface area contributed by atoms with E-state index in [2.05, 4.69) is 14.9 Å². The maximum Gasteiger partial charge on any atom is 0.130 e. The predicted octanol–water partition coefficient (Wildman–Crippen LogP) is 2.14. The molecule has 4 heteroatoms. The van der Waals surface area contributed by atoms with Gasteiger partial charge in [-0.05, 0) is 18.8 Å². The van der Waals surface area contributed by atoms with Crippen LogP contribution in [0.1, 0.15) is 25.7 Å². The lowest BCUT2D eigenvalue weighted by Crippen LogP contribution is -2.09. The van der Waals surface area contributed by atoms with Gasteiger partial charge in [0.1, 0.15) is 5.00 Å². The van der Waals surface area contributed by atoms with Crippen molar-refractivity contribution in [2.24, 2.45) is 5.92 Å². The third-order valence-electron chi connectivity index (χ3n) is 2.40. The summed E-state index contributed by atoms with van der Waals surface area (Å²) >= 11 is 1.43. The molecule has 1 aromatic heterocycles. The van der Waals surface area contributed by atoms with E-state index in [-0.39, 0.29) is 0 Å². The Hall–Kier alpha value is -0.640. The topological polar surface area (TPSA) is 37.8 Å². The lowest BCUT2D eigenvalue weighted by molar-refractivity contribution is 0.580. The van der Waals surface area contributed by atoms with Gasteiger partial charge in [0.05, 0.1) is 6.20 Å². The van der Waals surface area contributed by atoms with Crippen LogP contribution in [-0.2, 0) is 0 Å². The zero-order valence-electron chi connectivity index (χ0n) is 6.99. The first kappa shape index (κ1) is 7.98. The van der Waals surface area contributed by atoms with E-state index in [0.29, 0.717) is 0 Å². The van der Waals surface area contributed by atoms with Crippen LogP contribution in [0.25, 0.3) is 0 Å². The fourth-order valence-corrected chi connectivity index (χ4v) is 2.13. The Morgan fingerprint density at radius 1 is 1.50 bits per heavy atom. The fraction of sp³-hybridized carbons (Fsp3) is 0.750. The molecule has 12 heavy (non-hydrogen) atoms. The summed E-state index contributed by atoms with van der Waals surface area (Å²) in [6.07, 6.45) is 7.39. The van der Waals surface area contributed by atoms with E-state index in [4.69, 9.17) is 0 Å². The van der Waals surface area contributed by atoms with E-state index in [1.807, 2.05) is 0 Å². The molecule has 1 aliphatic rings. The molecule has 1 aliphatic carbocycles. The molecule has 0 bridgehead atoms. The van der Waals surface area contributed by atoms with Gasteiger partial charge in [0.2, 0.25) is 0 Å². The maximum atomic E-state index is 3.80. The molecule has 1 aromatic rings. The monoisotopic (exact) mass is 183 g/mol. The number of hydrogen-bond donors (Lipinski definition) is 1. The van der Waals surface area contributed by atoms with Crippen LogP contribution >= 0.6 is 11.5 Å². The van der Waals surface area contributed by atoms with E-state index >= 15 is 0 Å². The van der Waals surface area contributed by atoms with E-state index in [0.717, 1.165) is 17.5 Å². The highest BCUT2D eigenvalue weighted by atomic mass is 32.1. The minimum Gasteiger partial charge on any atom is -0.374 e. The van der Waals surface area contributed by atoms with Gasteiger partial charge < -0.3 is 5.32 Å². The molecule has 0 atom stereocenters. The van der Waals surface area contributed by atoms with Crippen molar-refractivity contribution < 1.29 is 0 Å². The standard InChI is InChI=1S/C8H13N3S/c1-2-4-7(3-1)5-9-8-6-10-11-12-8/h6-7,9H,1-5H2. The first-order valence-corrected chi connectivity index (χ1v) is 5.24. The lowest BCUT2D eigenvalue weighted by atomic mass is 10.1. The third-order valence-corrected chi connectivity index (χ3v) is 3.02. The Labute approximate surface area is 76.4 Å². The molecular weight excluding hydrogens is 170 g/mol. The number of hydrogen-bond acceptors (Lipinski definition) is 4. The SMILES string of the molecule is c1nnsc1NCC1CCCC1. The molecule has 0 amide bonds. The molecule has 0 unspecified atom stereocenters. The summed E-state index contributed by atoms with van der Waals surface area (Å²) in [5.41, 5.74) is 0. The van der Waals surface area contributed by atoms with E-state index in [9.17, 15) is 0 Å². The van der Waals surface area contributed by atoms with E-state index in [1.165, 1.54) is 37.2 Å². The highest BCUT2D eigenvalue weighted by Crippen LogP contribution is 2.25. The van der Waals surface area contributed by atoms with Gasteiger partial charge in [-0.3, -0.25) is 0 Å². The minimum absolute atomic E-state index is 0.882. The normalized spacial score (nSPS) is 18.3. The average Bonchev–Trinajstić information content (AvgIpc) is 2.74. The van der Waals surface area contributed by atoms with E-state index < -0.39 is 0 Å². The molecule has 66 valence electrons. The van der Waals surface area contributed by atoms with E-state index in [1.54, 1.807) is 6.20 Å². The van der Waals surface area contributed by atoms with Crippen molar-refractivity contribution in [3.8, 4) is 0 Å². The van der Waals surface area contributed by atoms with Crippen LogP contribution in [0.3, 0.4) is 0 Å². The van der Waals surface area contributed by atoms with Crippen LogP contribution in [0.5, 0.6) is 0 Å². The van der Waals surface area contributed by atoms with Gasteiger partial charge in [-0.25, -0.2) is 0 Å². The second kappa shape index (κ2) is 3.85. The molecule has 0 saturated heterocycles. The van der Waals surface area contributed by atoms with Gasteiger partial charge in [-0.1, -0.05) is 17.3 Å². The smallest absolute Gasteiger partial charge is 0.130 e. The first-order valence-electron chi connectivity index (χ1n) is 4.46. The summed E-state index contributed by atoms with van der Waals surface area (Å²) in [5.74, 6) is 0.882. The van der Waals surface area contributed by atoms with Gasteiger partial charge in [0.15, 0.2) is 0 Å². The zero-order chi connectivity index (χ0) is 8.23. The quantitative estimate of drug-likeness (QED) is 0.780. The van der Waals surface area contributed by atoms with Crippen LogP contribution in [0, 0.1) is 5.92 Å². The van der Waals surface area contributed by atoms with Crippen molar-refractivity contribution in [2.75, 3.05) is 11.9 Å². The summed E-state index contributed by atoms with van der Waals surface area (Å²) in [4.78, 5) is 0. The minimum atomic E-state index is 0.882. The molecule has 3 nitrogen and oxygen atoms in total. The van der Waals surface area contributed by atoms with Gasteiger partial charge in [0.25, 0.3) is 0 Å². The average molecular weight is 183 g/mol. The second-order valence-corrected chi connectivity index (χ2v) is 4.10. The molecule has 1 saturated carbocycles. The highest BCUT2D eigenvalue weighted by molar-refractivity contribution is 7.09. The zero-order valence-corrected chi connectivity index (χ0v) is 7.81. The van der Waals surface area contributed by atoms with Crippen LogP contribution in [0.15, 0.2) is 6.20 Å². The predicted molar refractivity (Wildman–Crippen MR) is 50.4 cm³/mol. The molecule has 1 N–H and O–H groups in total. The Morgan fingerprint density at radius 3 is 3.00 bits per heavy atom. The van der Waals surface area contributed by atoms with Crippen LogP contribution < -0.4 is 5.32 Å². The summed E-state index contributed by atoms with van der Waals surface area (Å²) < 4.78 is 3.80. The first-order chi connectivity index (χ1) is 5.95. The molecule has 2 rings (SSSR count). The van der Waals surface area contributed by atoms with Crippen LogP contribution in [0.4, 0.5) is 5.00 Å². The van der Waals surface area contributed by atoms with Gasteiger partial charge in [0, 0.05) is 18.1 Å². The van der Waals surface area contributed by atoms with Gasteiger partial charge in [-0.15, -0.1) is 5.10 Å². The molecule has 0 radical (unpaired) electrons. The third kappa shape index (κ3) is 1.94. The summed E-state index contributed by atoms with van der Waals surface area (Å²) in [7, 11) is 0. The van der Waals surface area contributed by atoms with Crippen molar-refractivity contribution in [3.05, 3.63) is 6.20 Å². The molecular formula is C8H13N3S. The Morgan fingerprint density at radius 2 is 2.33 bits per heavy atom. The van der Waals surface area contributed by atoms with Crippen LogP contribution in [-0.4, -0.2) is 16.1 Å². The Kier molecular flexibility index (Phi) is 2.56. The van der Waals surface area contributed by atoms with Crippen molar-refractivity contribution in [3.63, 3.8) is 0 Å². The molecule has 1 heterocycles. The summed E-state index contributed by atoms with van der Waals surface area (Å²) in [6.45, 7) is 1.10. The molecule has 0 aromatic carbocycles. The molecule has 0 aliphatic heterocycles. The lowest BCUT2D eigenvalue weighted by Gasteiger charge is -2.08. The largest absolute Gasteiger partial charge is 0.374 e. The van der Waals surface area contributed by atoms with Crippen molar-refractivity contribution >= 4 is 16.5 Å². The molecule has 1 fully saturated rings. The van der Waals surface area contributed by atoms with Crippen molar-refractivity contribution in [2.45, 2.75) is 25.7 Å². The number of rotatable bonds is 3. The summed E-state index contributed by atoms with van der Waals surface area (Å²) in [6, 6.07) is 0. The maximum absolute atomic E-state index is 3.80. The summed E-state index contributed by atoms with van der Waals surface area (Å²) in [5, 5.41) is 8.23. The fourth-order valence-electron chi connectivity index (χ4n) is 1.70. The number of nitrogens with one attached hydrogen (secondary N) is 1. The van der Waals surface area contributed by atoms with Crippen molar-refractivity contribution in [1.29, 1.82) is 0 Å². The molecule has 0 spiro atoms. The number of nitrogens with zero attached hydrogens (tertiary/aromatic N) is 2.